The minimum absolute atomic E-state index is 0.300. The van der Waals surface area contributed by atoms with E-state index in [0.29, 0.717) is 34.7 Å². The number of piperidine rings is 1. The van der Waals surface area contributed by atoms with Gasteiger partial charge in [0.15, 0.2) is 0 Å². The van der Waals surface area contributed by atoms with Crippen molar-refractivity contribution in [3.63, 3.8) is 0 Å². The number of rotatable bonds is 1. The zero-order valence-corrected chi connectivity index (χ0v) is 17.4. The number of amides is 2. The summed E-state index contributed by atoms with van der Waals surface area (Å²) >= 11 is 0. The third-order valence-corrected chi connectivity index (χ3v) is 9.99. The summed E-state index contributed by atoms with van der Waals surface area (Å²) in [6.45, 7) is 6.01. The van der Waals surface area contributed by atoms with Crippen molar-refractivity contribution in [2.24, 2.45) is 28.6 Å². The second kappa shape index (κ2) is 5.97. The molecule has 5 rings (SSSR count). The summed E-state index contributed by atoms with van der Waals surface area (Å²) in [6.07, 6.45) is 11.2. The lowest BCUT2D eigenvalue weighted by Gasteiger charge is -2.62. The fourth-order valence-electron chi connectivity index (χ4n) is 8.63. The molecule has 0 aromatic carbocycles. The predicted molar refractivity (Wildman–Crippen MR) is 105 cm³/mol. The van der Waals surface area contributed by atoms with Crippen LogP contribution in [0.25, 0.3) is 0 Å². The first-order valence-corrected chi connectivity index (χ1v) is 11.4. The van der Waals surface area contributed by atoms with Crippen molar-refractivity contribution < 1.29 is 9.59 Å². The fourth-order valence-corrected chi connectivity index (χ4v) is 8.63. The molecule has 2 saturated heterocycles. The van der Waals surface area contributed by atoms with Crippen LogP contribution in [0.4, 0.5) is 0 Å². The van der Waals surface area contributed by atoms with Crippen LogP contribution in [0.5, 0.6) is 0 Å². The summed E-state index contributed by atoms with van der Waals surface area (Å²) < 4.78 is 0. The molecular weight excluding hydrogens is 336 g/mol. The first-order chi connectivity index (χ1) is 12.9. The van der Waals surface area contributed by atoms with E-state index >= 15 is 0 Å². The molecule has 0 aromatic rings. The molecule has 3 aliphatic carbocycles. The highest BCUT2D eigenvalue weighted by Crippen LogP contribution is 2.65. The Morgan fingerprint density at radius 3 is 2.26 bits per heavy atom. The molecule has 5 aliphatic rings. The molecule has 7 atom stereocenters. The summed E-state index contributed by atoms with van der Waals surface area (Å²) in [6, 6.07) is 0.932. The van der Waals surface area contributed by atoms with Crippen LogP contribution < -0.4 is 0 Å². The van der Waals surface area contributed by atoms with Gasteiger partial charge in [-0.1, -0.05) is 13.8 Å². The molecule has 0 radical (unpaired) electrons. The topological polar surface area (TPSA) is 40.6 Å². The molecule has 2 aliphatic heterocycles. The Labute approximate surface area is 164 Å². The van der Waals surface area contributed by atoms with Crippen LogP contribution >= 0.6 is 0 Å². The highest BCUT2D eigenvalue weighted by Gasteiger charge is 2.62. The zero-order chi connectivity index (χ0) is 19.0. The van der Waals surface area contributed by atoms with E-state index in [1.54, 1.807) is 0 Å². The number of likely N-dealkylation sites (tertiary alicyclic amines) is 2. The lowest BCUT2D eigenvalue weighted by molar-refractivity contribution is -0.159. The monoisotopic (exact) mass is 372 g/mol. The van der Waals surface area contributed by atoms with E-state index in [4.69, 9.17) is 0 Å². The average Bonchev–Trinajstić information content (AvgIpc) is 3.21. The molecule has 150 valence electrons. The van der Waals surface area contributed by atoms with Gasteiger partial charge in [-0.05, 0) is 80.0 Å². The van der Waals surface area contributed by atoms with Crippen molar-refractivity contribution in [3.8, 4) is 0 Å². The molecule has 4 nitrogen and oxygen atoms in total. The van der Waals surface area contributed by atoms with Crippen molar-refractivity contribution >= 4 is 11.8 Å². The molecule has 27 heavy (non-hydrogen) atoms. The third-order valence-electron chi connectivity index (χ3n) is 9.99. The SMILES string of the molecule is CN1C(=O)CC[C@]2(C)[C@H]3CC[C@]4(C)[C@@H](N5CCCC5=O)CC[C@H]4[C@@H]3CC[C@@H]12. The van der Waals surface area contributed by atoms with Crippen molar-refractivity contribution in [2.75, 3.05) is 13.6 Å². The molecule has 4 heteroatoms. The van der Waals surface area contributed by atoms with E-state index in [0.717, 1.165) is 50.0 Å². The van der Waals surface area contributed by atoms with Crippen molar-refractivity contribution in [2.45, 2.75) is 90.1 Å². The van der Waals surface area contributed by atoms with Crippen molar-refractivity contribution in [1.29, 1.82) is 0 Å². The molecule has 0 unspecified atom stereocenters. The lowest BCUT2D eigenvalue weighted by Crippen LogP contribution is -2.62. The highest BCUT2D eigenvalue weighted by molar-refractivity contribution is 5.78. The zero-order valence-electron chi connectivity index (χ0n) is 17.4. The Hall–Kier alpha value is -1.06. The Morgan fingerprint density at radius 1 is 0.815 bits per heavy atom. The first kappa shape index (κ1) is 18.0. The molecule has 2 heterocycles. The van der Waals surface area contributed by atoms with E-state index in [1.807, 2.05) is 7.05 Å². The van der Waals surface area contributed by atoms with Crippen LogP contribution in [0.2, 0.25) is 0 Å². The second-order valence-corrected chi connectivity index (χ2v) is 10.8. The van der Waals surface area contributed by atoms with Gasteiger partial charge in [-0.3, -0.25) is 9.59 Å². The number of fused-ring (bicyclic) bond motifs is 5. The van der Waals surface area contributed by atoms with Gasteiger partial charge in [0, 0.05) is 38.5 Å². The van der Waals surface area contributed by atoms with Crippen LogP contribution in [0.1, 0.15) is 78.1 Å². The molecule has 0 aromatic heterocycles. The highest BCUT2D eigenvalue weighted by atomic mass is 16.2. The minimum Gasteiger partial charge on any atom is -0.342 e. The normalized spacial score (nSPS) is 49.8. The van der Waals surface area contributed by atoms with Gasteiger partial charge in [0.2, 0.25) is 11.8 Å². The largest absolute Gasteiger partial charge is 0.342 e. The Morgan fingerprint density at radius 2 is 1.52 bits per heavy atom. The molecule has 3 saturated carbocycles. The number of nitrogens with zero attached hydrogens (tertiary/aromatic N) is 2. The van der Waals surface area contributed by atoms with Gasteiger partial charge in [-0.2, -0.15) is 0 Å². The van der Waals surface area contributed by atoms with Crippen LogP contribution in [0.15, 0.2) is 0 Å². The number of carbonyl (C=O) groups is 2. The van der Waals surface area contributed by atoms with Gasteiger partial charge in [-0.25, -0.2) is 0 Å². The average molecular weight is 373 g/mol. The lowest BCUT2D eigenvalue weighted by atomic mass is 9.47. The summed E-state index contributed by atoms with van der Waals surface area (Å²) in [7, 11) is 2.04. The number of hydrogen-bond donors (Lipinski definition) is 0. The summed E-state index contributed by atoms with van der Waals surface area (Å²) in [5.41, 5.74) is 0.620. The van der Waals surface area contributed by atoms with Crippen LogP contribution in [0.3, 0.4) is 0 Å². The Kier molecular flexibility index (Phi) is 3.98. The van der Waals surface area contributed by atoms with Gasteiger partial charge < -0.3 is 9.80 Å². The van der Waals surface area contributed by atoms with Gasteiger partial charge in [-0.15, -0.1) is 0 Å². The smallest absolute Gasteiger partial charge is 0.222 e. The van der Waals surface area contributed by atoms with E-state index in [-0.39, 0.29) is 0 Å². The van der Waals surface area contributed by atoms with Gasteiger partial charge in [0.1, 0.15) is 0 Å². The minimum atomic E-state index is 0.300. The van der Waals surface area contributed by atoms with E-state index in [9.17, 15) is 9.59 Å². The number of carbonyl (C=O) groups excluding carboxylic acids is 2. The summed E-state index contributed by atoms with van der Waals surface area (Å²) in [4.78, 5) is 29.1. The molecule has 2 amide bonds. The number of hydrogen-bond acceptors (Lipinski definition) is 2. The van der Waals surface area contributed by atoms with E-state index in [1.165, 1.54) is 38.5 Å². The fraction of sp³-hybridized carbons (Fsp3) is 0.913. The maximum absolute atomic E-state index is 12.5. The molecule has 0 N–H and O–H groups in total. The van der Waals surface area contributed by atoms with Crippen molar-refractivity contribution in [1.82, 2.24) is 9.80 Å². The van der Waals surface area contributed by atoms with Crippen LogP contribution in [0, 0.1) is 28.6 Å². The van der Waals surface area contributed by atoms with Crippen LogP contribution in [-0.2, 0) is 9.59 Å². The molecule has 0 bridgehead atoms. The molecule has 5 fully saturated rings. The maximum atomic E-state index is 12.5. The van der Waals surface area contributed by atoms with Gasteiger partial charge in [0.25, 0.3) is 0 Å². The third kappa shape index (κ3) is 2.34. The summed E-state index contributed by atoms with van der Waals surface area (Å²) in [5.74, 6) is 3.10. The van der Waals surface area contributed by atoms with Crippen molar-refractivity contribution in [3.05, 3.63) is 0 Å². The second-order valence-electron chi connectivity index (χ2n) is 10.8. The maximum Gasteiger partial charge on any atom is 0.222 e. The predicted octanol–water partition coefficient (Wildman–Crippen LogP) is 3.84. The van der Waals surface area contributed by atoms with E-state index < -0.39 is 0 Å². The standard InChI is InChI=1S/C23H36N2O2/c1-22-13-11-20(26)24(3)18(22)8-6-15-16-7-9-19(25-14-4-5-21(25)27)23(16,2)12-10-17(15)22/h15-19H,4-14H2,1-3H3/t15-,16-,17-,18+,19-,22+,23-/m0/s1. The van der Waals surface area contributed by atoms with Gasteiger partial charge >= 0.3 is 0 Å². The first-order valence-electron chi connectivity index (χ1n) is 11.4. The quantitative estimate of drug-likeness (QED) is 0.702. The Bertz CT molecular complexity index is 663. The molecule has 0 spiro atoms. The van der Waals surface area contributed by atoms with Gasteiger partial charge in [0.05, 0.1) is 0 Å². The van der Waals surface area contributed by atoms with E-state index in [2.05, 4.69) is 23.6 Å². The Balaban J connectivity index is 1.42. The van der Waals surface area contributed by atoms with Crippen LogP contribution in [-0.4, -0.2) is 47.3 Å². The molecular formula is C23H36N2O2. The summed E-state index contributed by atoms with van der Waals surface area (Å²) in [5, 5.41) is 0.